The van der Waals surface area contributed by atoms with Crippen LogP contribution in [-0.2, 0) is 11.2 Å². The molecule has 0 saturated carbocycles. The topological polar surface area (TPSA) is 46.4 Å². The molecule has 2 heterocycles. The average molecular weight is 461 g/mol. The number of hydrogen-bond acceptors (Lipinski definition) is 3. The number of benzene rings is 2. The summed E-state index contributed by atoms with van der Waals surface area (Å²) < 4.78 is 2.99. The lowest BCUT2D eigenvalue weighted by atomic mass is 10.2. The molecule has 0 aliphatic heterocycles. The molecule has 7 heteroatoms. The van der Waals surface area contributed by atoms with Crippen LogP contribution in [0.15, 0.2) is 64.6 Å². The summed E-state index contributed by atoms with van der Waals surface area (Å²) in [7, 11) is 0. The summed E-state index contributed by atoms with van der Waals surface area (Å²) in [5.74, 6) is -0.00881. The molecule has 4 nitrogen and oxygen atoms in total. The second-order valence-corrected chi connectivity index (χ2v) is 8.26. The fourth-order valence-electron chi connectivity index (χ4n) is 2.80. The first-order valence-corrected chi connectivity index (χ1v) is 10.4. The SMILES string of the molecule is O=C(CCc1csc2nc(-c3ccc(Cl)cc3)cn12)Nc1cccc(Br)c1. The first-order chi connectivity index (χ1) is 13.1. The minimum absolute atomic E-state index is 0.00881. The van der Waals surface area contributed by atoms with E-state index in [1.54, 1.807) is 11.3 Å². The minimum Gasteiger partial charge on any atom is -0.326 e. The Balaban J connectivity index is 1.46. The van der Waals surface area contributed by atoms with Crippen LogP contribution < -0.4 is 5.32 Å². The molecule has 0 saturated heterocycles. The van der Waals surface area contributed by atoms with Crippen molar-refractivity contribution in [2.75, 3.05) is 5.32 Å². The number of carbonyl (C=O) groups excluding carboxylic acids is 1. The van der Waals surface area contributed by atoms with Gasteiger partial charge in [0.2, 0.25) is 5.91 Å². The van der Waals surface area contributed by atoms with Crippen molar-refractivity contribution in [3.8, 4) is 11.3 Å². The standard InChI is InChI=1S/C20H15BrClN3OS/c21-14-2-1-3-16(10-14)23-19(26)9-8-17-12-27-20-24-18(11-25(17)20)13-4-6-15(22)7-5-13/h1-7,10-12H,8-9H2,(H,23,26). The number of anilines is 1. The van der Waals surface area contributed by atoms with Crippen LogP contribution in [-0.4, -0.2) is 15.3 Å². The van der Waals surface area contributed by atoms with Crippen molar-refractivity contribution in [1.82, 2.24) is 9.38 Å². The largest absolute Gasteiger partial charge is 0.326 e. The van der Waals surface area contributed by atoms with Gasteiger partial charge in [0.05, 0.1) is 5.69 Å². The number of aromatic nitrogens is 2. The highest BCUT2D eigenvalue weighted by molar-refractivity contribution is 9.10. The van der Waals surface area contributed by atoms with Gasteiger partial charge in [0, 0.05) is 44.4 Å². The molecule has 2 aromatic heterocycles. The monoisotopic (exact) mass is 459 g/mol. The van der Waals surface area contributed by atoms with E-state index in [0.717, 1.165) is 32.1 Å². The molecule has 0 aliphatic carbocycles. The zero-order valence-corrected chi connectivity index (χ0v) is 17.3. The number of fused-ring (bicyclic) bond motifs is 1. The lowest BCUT2D eigenvalue weighted by Crippen LogP contribution is -2.12. The molecule has 0 unspecified atom stereocenters. The summed E-state index contributed by atoms with van der Waals surface area (Å²) in [5, 5.41) is 5.69. The molecule has 27 heavy (non-hydrogen) atoms. The van der Waals surface area contributed by atoms with Crippen molar-refractivity contribution < 1.29 is 4.79 Å². The van der Waals surface area contributed by atoms with E-state index in [0.29, 0.717) is 17.9 Å². The van der Waals surface area contributed by atoms with Gasteiger partial charge in [-0.25, -0.2) is 4.98 Å². The maximum atomic E-state index is 12.3. The Kier molecular flexibility index (Phi) is 5.29. The van der Waals surface area contributed by atoms with Crippen molar-refractivity contribution in [3.63, 3.8) is 0 Å². The molecule has 0 radical (unpaired) electrons. The van der Waals surface area contributed by atoms with Crippen LogP contribution in [0.3, 0.4) is 0 Å². The fraction of sp³-hybridized carbons (Fsp3) is 0.100. The number of carbonyl (C=O) groups is 1. The lowest BCUT2D eigenvalue weighted by Gasteiger charge is -2.05. The predicted octanol–water partition coefficient (Wildman–Crippen LogP) is 6.05. The molecule has 2 aromatic carbocycles. The van der Waals surface area contributed by atoms with Gasteiger partial charge in [-0.2, -0.15) is 0 Å². The highest BCUT2D eigenvalue weighted by atomic mass is 79.9. The Bertz CT molecular complexity index is 1100. The highest BCUT2D eigenvalue weighted by Crippen LogP contribution is 2.25. The van der Waals surface area contributed by atoms with E-state index in [-0.39, 0.29) is 5.91 Å². The molecule has 136 valence electrons. The quantitative estimate of drug-likeness (QED) is 0.394. The Labute approximate surface area is 174 Å². The molecule has 0 aliphatic rings. The van der Waals surface area contributed by atoms with Gasteiger partial charge >= 0.3 is 0 Å². The maximum Gasteiger partial charge on any atom is 0.224 e. The number of nitrogens with one attached hydrogen (secondary N) is 1. The molecule has 0 spiro atoms. The zero-order valence-electron chi connectivity index (χ0n) is 14.2. The van der Waals surface area contributed by atoms with Crippen LogP contribution in [0.25, 0.3) is 16.2 Å². The van der Waals surface area contributed by atoms with Gasteiger partial charge in [0.25, 0.3) is 0 Å². The van der Waals surface area contributed by atoms with Crippen molar-refractivity contribution in [3.05, 3.63) is 75.3 Å². The molecule has 0 bridgehead atoms. The molecule has 1 amide bonds. The smallest absolute Gasteiger partial charge is 0.224 e. The Morgan fingerprint density at radius 1 is 1.22 bits per heavy atom. The lowest BCUT2D eigenvalue weighted by molar-refractivity contribution is -0.116. The molecular weight excluding hydrogens is 446 g/mol. The molecule has 4 aromatic rings. The summed E-state index contributed by atoms with van der Waals surface area (Å²) in [4.78, 5) is 17.8. The van der Waals surface area contributed by atoms with Gasteiger partial charge in [-0.3, -0.25) is 9.20 Å². The van der Waals surface area contributed by atoms with E-state index >= 15 is 0 Å². The summed E-state index contributed by atoms with van der Waals surface area (Å²) in [6.07, 6.45) is 3.07. The Hall–Kier alpha value is -2.15. The van der Waals surface area contributed by atoms with E-state index in [1.807, 2.05) is 54.7 Å². The van der Waals surface area contributed by atoms with Crippen molar-refractivity contribution in [2.45, 2.75) is 12.8 Å². The van der Waals surface area contributed by atoms with Gasteiger partial charge in [0.1, 0.15) is 0 Å². The van der Waals surface area contributed by atoms with Crippen LogP contribution in [0, 0.1) is 0 Å². The third kappa shape index (κ3) is 4.24. The summed E-state index contributed by atoms with van der Waals surface area (Å²) in [5.41, 5.74) is 3.79. The van der Waals surface area contributed by atoms with Gasteiger partial charge in [0.15, 0.2) is 4.96 Å². The Morgan fingerprint density at radius 2 is 2.04 bits per heavy atom. The maximum absolute atomic E-state index is 12.3. The number of thiazole rings is 1. The fourth-order valence-corrected chi connectivity index (χ4v) is 4.23. The van der Waals surface area contributed by atoms with Gasteiger partial charge in [-0.1, -0.05) is 45.7 Å². The summed E-state index contributed by atoms with van der Waals surface area (Å²) in [6.45, 7) is 0. The molecular formula is C20H15BrClN3OS. The minimum atomic E-state index is -0.00881. The second-order valence-electron chi connectivity index (χ2n) is 6.07. The van der Waals surface area contributed by atoms with Crippen LogP contribution >= 0.6 is 38.9 Å². The van der Waals surface area contributed by atoms with E-state index in [2.05, 4.69) is 36.0 Å². The third-order valence-electron chi connectivity index (χ3n) is 4.14. The normalized spacial score (nSPS) is 11.0. The molecule has 1 N–H and O–H groups in total. The van der Waals surface area contributed by atoms with E-state index < -0.39 is 0 Å². The predicted molar refractivity (Wildman–Crippen MR) is 115 cm³/mol. The van der Waals surface area contributed by atoms with Gasteiger partial charge in [-0.15, -0.1) is 11.3 Å². The number of amides is 1. The number of hydrogen-bond donors (Lipinski definition) is 1. The molecule has 4 rings (SSSR count). The van der Waals surface area contributed by atoms with Crippen molar-refractivity contribution >= 4 is 55.4 Å². The van der Waals surface area contributed by atoms with Crippen LogP contribution in [0.2, 0.25) is 5.02 Å². The third-order valence-corrected chi connectivity index (χ3v) is 5.77. The first kappa shape index (κ1) is 18.2. The van der Waals surface area contributed by atoms with E-state index in [4.69, 9.17) is 11.6 Å². The van der Waals surface area contributed by atoms with Gasteiger partial charge < -0.3 is 5.32 Å². The zero-order chi connectivity index (χ0) is 18.8. The summed E-state index contributed by atoms with van der Waals surface area (Å²) in [6, 6.07) is 15.2. The number of imidazole rings is 1. The van der Waals surface area contributed by atoms with Crippen LogP contribution in [0.1, 0.15) is 12.1 Å². The summed E-state index contributed by atoms with van der Waals surface area (Å²) >= 11 is 10.9. The second kappa shape index (κ2) is 7.84. The number of halogens is 2. The van der Waals surface area contributed by atoms with Crippen molar-refractivity contribution in [2.24, 2.45) is 0 Å². The van der Waals surface area contributed by atoms with E-state index in [1.165, 1.54) is 0 Å². The highest BCUT2D eigenvalue weighted by Gasteiger charge is 2.11. The number of nitrogens with zero attached hydrogens (tertiary/aromatic N) is 2. The average Bonchev–Trinajstić information content (AvgIpc) is 3.22. The molecule has 0 atom stereocenters. The first-order valence-electron chi connectivity index (χ1n) is 8.35. The van der Waals surface area contributed by atoms with Gasteiger partial charge in [-0.05, 0) is 36.8 Å². The van der Waals surface area contributed by atoms with E-state index in [9.17, 15) is 4.79 Å². The Morgan fingerprint density at radius 3 is 2.81 bits per heavy atom. The van der Waals surface area contributed by atoms with Crippen molar-refractivity contribution in [1.29, 1.82) is 0 Å². The number of aryl methyl sites for hydroxylation is 1. The molecule has 0 fully saturated rings. The van der Waals surface area contributed by atoms with Crippen LogP contribution in [0.5, 0.6) is 0 Å². The van der Waals surface area contributed by atoms with Crippen LogP contribution in [0.4, 0.5) is 5.69 Å². The number of rotatable bonds is 5.